The van der Waals surface area contributed by atoms with Crippen molar-refractivity contribution in [2.75, 3.05) is 0 Å². The first-order chi connectivity index (χ1) is 13.8. The van der Waals surface area contributed by atoms with E-state index in [1.807, 2.05) is 30.0 Å². The molecule has 0 amide bonds. The first-order valence-electron chi connectivity index (χ1n) is 9.23. The monoisotopic (exact) mass is 398 g/mol. The van der Waals surface area contributed by atoms with E-state index in [9.17, 15) is 0 Å². The predicted octanol–water partition coefficient (Wildman–Crippen LogP) is 7.29. The highest BCUT2D eigenvalue weighted by Gasteiger charge is 2.49. The molecule has 0 saturated carbocycles. The molecule has 3 heteroatoms. The molecule has 0 unspecified atom stereocenters. The molecule has 2 aliphatic heterocycles. The van der Waals surface area contributed by atoms with Crippen molar-refractivity contribution in [3.8, 4) is 11.5 Å². The van der Waals surface area contributed by atoms with Gasteiger partial charge in [0.2, 0.25) is 0 Å². The van der Waals surface area contributed by atoms with Crippen molar-refractivity contribution >= 4 is 23.4 Å². The summed E-state index contributed by atoms with van der Waals surface area (Å²) in [4.78, 5) is 2.50. The number of hydrogen-bond acceptors (Lipinski definition) is 2. The molecule has 6 rings (SSSR count). The van der Waals surface area contributed by atoms with Gasteiger partial charge < -0.3 is 4.74 Å². The van der Waals surface area contributed by atoms with E-state index in [2.05, 4.69) is 72.8 Å². The average molecular weight is 399 g/mol. The van der Waals surface area contributed by atoms with Crippen LogP contribution in [0.25, 0.3) is 0 Å². The van der Waals surface area contributed by atoms with Gasteiger partial charge in [0.15, 0.2) is 0 Å². The molecular weight excluding hydrogens is 384 g/mol. The summed E-state index contributed by atoms with van der Waals surface area (Å²) in [5.41, 5.74) is 4.35. The summed E-state index contributed by atoms with van der Waals surface area (Å²) in [6.07, 6.45) is 0. The van der Waals surface area contributed by atoms with Crippen molar-refractivity contribution in [2.24, 2.45) is 0 Å². The average Bonchev–Trinajstić information content (AvgIpc) is 2.74. The van der Waals surface area contributed by atoms with Crippen molar-refractivity contribution < 1.29 is 4.74 Å². The maximum atomic E-state index is 6.52. The summed E-state index contributed by atoms with van der Waals surface area (Å²) in [6, 6.07) is 31.6. The molecular formula is C25H15ClOS. The van der Waals surface area contributed by atoms with Gasteiger partial charge >= 0.3 is 0 Å². The third-order valence-electron chi connectivity index (χ3n) is 5.66. The molecule has 0 fully saturated rings. The molecule has 0 aromatic heterocycles. The number of fused-ring (bicyclic) bond motifs is 8. The van der Waals surface area contributed by atoms with Gasteiger partial charge in [-0.1, -0.05) is 78.0 Å². The molecule has 0 aliphatic carbocycles. The van der Waals surface area contributed by atoms with Crippen LogP contribution in [0.4, 0.5) is 0 Å². The second kappa shape index (κ2) is 5.91. The Morgan fingerprint density at radius 2 is 1.18 bits per heavy atom. The van der Waals surface area contributed by atoms with Crippen molar-refractivity contribution in [3.05, 3.63) is 118 Å². The lowest BCUT2D eigenvalue weighted by Gasteiger charge is -2.45. The Balaban J connectivity index is 1.85. The number of para-hydroxylation sites is 2. The van der Waals surface area contributed by atoms with Gasteiger partial charge in [0, 0.05) is 25.9 Å². The van der Waals surface area contributed by atoms with E-state index in [-0.39, 0.29) is 0 Å². The van der Waals surface area contributed by atoms with E-state index in [1.54, 1.807) is 0 Å². The Kier molecular flexibility index (Phi) is 3.44. The third kappa shape index (κ3) is 2.05. The van der Waals surface area contributed by atoms with Crippen molar-refractivity contribution in [3.63, 3.8) is 0 Å². The summed E-state index contributed by atoms with van der Waals surface area (Å²) in [7, 11) is 0. The molecule has 2 heterocycles. The standard InChI is InChI=1S/C25H15ClOS/c26-16-13-14-24-20(15-16)25(19-9-3-6-12-23(19)28-24)17-7-1-4-10-21(17)27-22-11-5-2-8-18(22)25/h1-15H. The summed E-state index contributed by atoms with van der Waals surface area (Å²) in [6.45, 7) is 0. The van der Waals surface area contributed by atoms with Crippen LogP contribution in [0.15, 0.2) is 101 Å². The smallest absolute Gasteiger partial charge is 0.132 e. The Bertz CT molecular complexity index is 1140. The van der Waals surface area contributed by atoms with Crippen LogP contribution in [0.5, 0.6) is 11.5 Å². The fourth-order valence-electron chi connectivity index (χ4n) is 4.59. The zero-order valence-electron chi connectivity index (χ0n) is 14.9. The molecule has 2 aliphatic rings. The summed E-state index contributed by atoms with van der Waals surface area (Å²) in [5, 5.41) is 0.750. The predicted molar refractivity (Wildman–Crippen MR) is 114 cm³/mol. The zero-order valence-corrected chi connectivity index (χ0v) is 16.4. The van der Waals surface area contributed by atoms with Crippen LogP contribution in [0.3, 0.4) is 0 Å². The maximum absolute atomic E-state index is 6.52. The minimum absolute atomic E-state index is 0.451. The Morgan fingerprint density at radius 3 is 1.89 bits per heavy atom. The second-order valence-electron chi connectivity index (χ2n) is 7.08. The van der Waals surface area contributed by atoms with E-state index < -0.39 is 5.41 Å². The normalized spacial score (nSPS) is 15.0. The van der Waals surface area contributed by atoms with Gasteiger partial charge in [0.25, 0.3) is 0 Å². The first kappa shape index (κ1) is 16.3. The van der Waals surface area contributed by atoms with Crippen LogP contribution in [-0.2, 0) is 5.41 Å². The molecule has 0 N–H and O–H groups in total. The van der Waals surface area contributed by atoms with Gasteiger partial charge in [-0.3, -0.25) is 0 Å². The lowest BCUT2D eigenvalue weighted by molar-refractivity contribution is 0.431. The number of benzene rings is 4. The zero-order chi connectivity index (χ0) is 18.7. The number of hydrogen-bond donors (Lipinski definition) is 0. The highest BCUT2D eigenvalue weighted by atomic mass is 35.5. The molecule has 0 radical (unpaired) electrons. The minimum Gasteiger partial charge on any atom is -0.457 e. The Hall–Kier alpha value is -2.68. The molecule has 134 valence electrons. The van der Waals surface area contributed by atoms with E-state index in [1.165, 1.54) is 20.9 Å². The Morgan fingerprint density at radius 1 is 0.607 bits per heavy atom. The summed E-state index contributed by atoms with van der Waals surface area (Å²) >= 11 is 8.33. The molecule has 4 aromatic rings. The molecule has 28 heavy (non-hydrogen) atoms. The van der Waals surface area contributed by atoms with E-state index >= 15 is 0 Å². The second-order valence-corrected chi connectivity index (χ2v) is 8.60. The fourth-order valence-corrected chi connectivity index (χ4v) is 5.93. The molecule has 1 nitrogen and oxygen atoms in total. The number of halogens is 1. The van der Waals surface area contributed by atoms with Crippen LogP contribution in [0, 0.1) is 0 Å². The maximum Gasteiger partial charge on any atom is 0.132 e. The van der Waals surface area contributed by atoms with Gasteiger partial charge in [0.1, 0.15) is 11.5 Å². The summed E-state index contributed by atoms with van der Waals surface area (Å²) in [5.74, 6) is 1.79. The van der Waals surface area contributed by atoms with Crippen LogP contribution in [0.1, 0.15) is 22.3 Å². The quantitative estimate of drug-likeness (QED) is 0.265. The Labute approximate surface area is 172 Å². The highest BCUT2D eigenvalue weighted by molar-refractivity contribution is 7.99. The van der Waals surface area contributed by atoms with Gasteiger partial charge in [-0.05, 0) is 47.5 Å². The summed E-state index contributed by atoms with van der Waals surface area (Å²) < 4.78 is 6.33. The third-order valence-corrected chi connectivity index (χ3v) is 7.05. The molecule has 0 atom stereocenters. The molecule has 1 spiro atoms. The lowest BCUT2D eigenvalue weighted by Crippen LogP contribution is -2.36. The van der Waals surface area contributed by atoms with Gasteiger partial charge in [0.05, 0.1) is 5.41 Å². The molecule has 0 bridgehead atoms. The first-order valence-corrected chi connectivity index (χ1v) is 10.4. The number of rotatable bonds is 0. The van der Waals surface area contributed by atoms with Gasteiger partial charge in [-0.2, -0.15) is 0 Å². The van der Waals surface area contributed by atoms with Crippen LogP contribution >= 0.6 is 23.4 Å². The van der Waals surface area contributed by atoms with Gasteiger partial charge in [-0.25, -0.2) is 0 Å². The highest BCUT2D eigenvalue weighted by Crippen LogP contribution is 2.61. The van der Waals surface area contributed by atoms with Gasteiger partial charge in [-0.15, -0.1) is 0 Å². The van der Waals surface area contributed by atoms with Crippen molar-refractivity contribution in [1.29, 1.82) is 0 Å². The lowest BCUT2D eigenvalue weighted by atomic mass is 9.63. The topological polar surface area (TPSA) is 9.23 Å². The fraction of sp³-hybridized carbons (Fsp3) is 0.0400. The SMILES string of the molecule is Clc1ccc2c(c1)C1(c3ccccc3Oc3ccccc31)c1ccccc1S2. The minimum atomic E-state index is -0.451. The number of ether oxygens (including phenoxy) is 1. The van der Waals surface area contributed by atoms with Crippen LogP contribution in [0.2, 0.25) is 5.02 Å². The van der Waals surface area contributed by atoms with Crippen LogP contribution in [-0.4, -0.2) is 0 Å². The molecule has 4 aromatic carbocycles. The largest absolute Gasteiger partial charge is 0.457 e. The van der Waals surface area contributed by atoms with Crippen molar-refractivity contribution in [2.45, 2.75) is 15.2 Å². The van der Waals surface area contributed by atoms with E-state index in [0.717, 1.165) is 27.6 Å². The molecule has 0 saturated heterocycles. The van der Waals surface area contributed by atoms with E-state index in [0.29, 0.717) is 0 Å². The van der Waals surface area contributed by atoms with Crippen LogP contribution < -0.4 is 4.74 Å². The van der Waals surface area contributed by atoms with Crippen molar-refractivity contribution in [1.82, 2.24) is 0 Å². The van der Waals surface area contributed by atoms with E-state index in [4.69, 9.17) is 16.3 Å².